The van der Waals surface area contributed by atoms with Crippen LogP contribution in [0.25, 0.3) is 0 Å². The fraction of sp³-hybridized carbons (Fsp3) is 0.900. The minimum absolute atomic E-state index is 0.0833. The maximum absolute atomic E-state index is 11.3. The van der Waals surface area contributed by atoms with Gasteiger partial charge in [0.1, 0.15) is 5.94 Å². The Bertz CT molecular complexity index is 239. The van der Waals surface area contributed by atoms with Crippen LogP contribution in [0.15, 0.2) is 0 Å². The lowest BCUT2D eigenvalue weighted by molar-refractivity contribution is -0.142. The van der Waals surface area contributed by atoms with E-state index in [4.69, 9.17) is 4.74 Å². The molecule has 2 nitrogen and oxygen atoms in total. The molecule has 0 amide bonds. The Hall–Kier alpha value is 0.520. The molecule has 5 heteroatoms. The second-order valence-corrected chi connectivity index (χ2v) is 7.54. The molecular formula is C10H16O2S3. The van der Waals surface area contributed by atoms with E-state index < -0.39 is 0 Å². The van der Waals surface area contributed by atoms with Gasteiger partial charge in [-0.3, -0.25) is 4.79 Å². The summed E-state index contributed by atoms with van der Waals surface area (Å²) in [5, 5.41) is 0. The summed E-state index contributed by atoms with van der Waals surface area (Å²) >= 11 is 8.07. The van der Waals surface area contributed by atoms with Crippen LogP contribution in [0.3, 0.4) is 0 Å². The number of thiol groups is 1. The Morgan fingerprint density at radius 1 is 1.47 bits per heavy atom. The molecular weight excluding hydrogens is 248 g/mol. The van der Waals surface area contributed by atoms with Crippen molar-refractivity contribution in [1.29, 1.82) is 0 Å². The molecule has 1 atom stereocenters. The molecule has 1 spiro atoms. The molecule has 0 N–H and O–H groups in total. The molecule has 86 valence electrons. The highest BCUT2D eigenvalue weighted by Gasteiger charge is 2.43. The maximum Gasteiger partial charge on any atom is 0.306 e. The average Bonchev–Trinajstić information content (AvgIpc) is 2.79. The van der Waals surface area contributed by atoms with Gasteiger partial charge in [0.05, 0.1) is 4.08 Å². The Kier molecular flexibility index (Phi) is 4.18. The number of hydrogen-bond acceptors (Lipinski definition) is 5. The highest BCUT2D eigenvalue weighted by atomic mass is 32.2. The first-order chi connectivity index (χ1) is 7.24. The van der Waals surface area contributed by atoms with E-state index >= 15 is 0 Å². The first-order valence-corrected chi connectivity index (χ1v) is 7.89. The van der Waals surface area contributed by atoms with Gasteiger partial charge >= 0.3 is 5.97 Å². The SMILES string of the molecule is O=C(CC1CCC2(C1)SCCS2)OCS. The van der Waals surface area contributed by atoms with Crippen LogP contribution in [0.1, 0.15) is 25.7 Å². The summed E-state index contributed by atoms with van der Waals surface area (Å²) < 4.78 is 5.32. The lowest BCUT2D eigenvalue weighted by atomic mass is 10.0. The summed E-state index contributed by atoms with van der Waals surface area (Å²) in [6.07, 6.45) is 4.22. The van der Waals surface area contributed by atoms with Gasteiger partial charge in [0.2, 0.25) is 0 Å². The number of rotatable bonds is 3. The zero-order valence-electron chi connectivity index (χ0n) is 8.61. The van der Waals surface area contributed by atoms with Gasteiger partial charge < -0.3 is 4.74 Å². The topological polar surface area (TPSA) is 26.3 Å². The zero-order chi connectivity index (χ0) is 10.7. The molecule has 1 saturated heterocycles. The third-order valence-corrected chi connectivity index (χ3v) is 6.73. The van der Waals surface area contributed by atoms with Crippen molar-refractivity contribution in [3.63, 3.8) is 0 Å². The molecule has 2 rings (SSSR count). The van der Waals surface area contributed by atoms with Gasteiger partial charge in [-0.05, 0) is 25.2 Å². The van der Waals surface area contributed by atoms with E-state index in [0.29, 0.717) is 16.4 Å². The molecule has 15 heavy (non-hydrogen) atoms. The van der Waals surface area contributed by atoms with Crippen LogP contribution in [-0.4, -0.2) is 27.5 Å². The summed E-state index contributed by atoms with van der Waals surface area (Å²) in [6, 6.07) is 0. The number of thioether (sulfide) groups is 2. The van der Waals surface area contributed by atoms with E-state index in [1.54, 1.807) is 0 Å². The molecule has 1 heterocycles. The lowest BCUT2D eigenvalue weighted by Crippen LogP contribution is -2.13. The van der Waals surface area contributed by atoms with Crippen LogP contribution >= 0.6 is 36.2 Å². The molecule has 1 unspecified atom stereocenters. The second kappa shape index (κ2) is 5.23. The van der Waals surface area contributed by atoms with Crippen molar-refractivity contribution in [2.24, 2.45) is 5.92 Å². The largest absolute Gasteiger partial charge is 0.455 e. The smallest absolute Gasteiger partial charge is 0.306 e. The normalized spacial score (nSPS) is 28.5. The molecule has 0 aromatic heterocycles. The zero-order valence-corrected chi connectivity index (χ0v) is 11.1. The molecule has 1 aliphatic heterocycles. The maximum atomic E-state index is 11.3. The number of carbonyl (C=O) groups excluding carboxylic acids is 1. The van der Waals surface area contributed by atoms with Gasteiger partial charge in [-0.2, -0.15) is 0 Å². The van der Waals surface area contributed by atoms with Crippen molar-refractivity contribution in [1.82, 2.24) is 0 Å². The molecule has 2 aliphatic rings. The Balaban J connectivity index is 1.79. The van der Waals surface area contributed by atoms with E-state index in [9.17, 15) is 4.79 Å². The Morgan fingerprint density at radius 3 is 2.87 bits per heavy atom. The third kappa shape index (κ3) is 3.01. The number of hydrogen-bond donors (Lipinski definition) is 1. The van der Waals surface area contributed by atoms with Crippen molar-refractivity contribution in [2.75, 3.05) is 17.4 Å². The first kappa shape index (κ1) is 12.0. The predicted molar refractivity (Wildman–Crippen MR) is 69.6 cm³/mol. The molecule has 0 radical (unpaired) electrons. The number of ether oxygens (including phenoxy) is 1. The van der Waals surface area contributed by atoms with E-state index in [2.05, 4.69) is 36.2 Å². The summed E-state index contributed by atoms with van der Waals surface area (Å²) in [4.78, 5) is 11.3. The van der Waals surface area contributed by atoms with E-state index in [0.717, 1.165) is 0 Å². The number of esters is 1. The van der Waals surface area contributed by atoms with Crippen molar-refractivity contribution < 1.29 is 9.53 Å². The summed E-state index contributed by atoms with van der Waals surface area (Å²) in [5.41, 5.74) is 0. The fourth-order valence-corrected chi connectivity index (χ4v) is 5.99. The third-order valence-electron chi connectivity index (χ3n) is 3.03. The van der Waals surface area contributed by atoms with Crippen LogP contribution < -0.4 is 0 Å². The van der Waals surface area contributed by atoms with Gasteiger partial charge in [0, 0.05) is 17.9 Å². The van der Waals surface area contributed by atoms with Crippen molar-refractivity contribution in [3.8, 4) is 0 Å². The van der Waals surface area contributed by atoms with E-state index in [1.807, 2.05) is 0 Å². The summed E-state index contributed by atoms with van der Waals surface area (Å²) in [5.74, 6) is 3.22. The molecule has 2 fully saturated rings. The van der Waals surface area contributed by atoms with Crippen LogP contribution in [0.2, 0.25) is 0 Å². The highest BCUT2D eigenvalue weighted by Crippen LogP contribution is 2.56. The minimum Gasteiger partial charge on any atom is -0.455 e. The molecule has 0 aromatic carbocycles. The van der Waals surface area contributed by atoms with Crippen LogP contribution in [0.4, 0.5) is 0 Å². The molecule has 0 bridgehead atoms. The number of carbonyl (C=O) groups is 1. The Labute approximate surface area is 105 Å². The van der Waals surface area contributed by atoms with Crippen molar-refractivity contribution in [3.05, 3.63) is 0 Å². The minimum atomic E-state index is -0.0833. The summed E-state index contributed by atoms with van der Waals surface area (Å²) in [6.45, 7) is 0. The summed E-state index contributed by atoms with van der Waals surface area (Å²) in [7, 11) is 0. The van der Waals surface area contributed by atoms with Crippen LogP contribution in [0.5, 0.6) is 0 Å². The van der Waals surface area contributed by atoms with Gasteiger partial charge in [0.25, 0.3) is 0 Å². The van der Waals surface area contributed by atoms with Crippen LogP contribution in [0, 0.1) is 5.92 Å². The van der Waals surface area contributed by atoms with Gasteiger partial charge in [0.15, 0.2) is 0 Å². The monoisotopic (exact) mass is 264 g/mol. The predicted octanol–water partition coefficient (Wildman–Crippen LogP) is 2.78. The molecule has 1 aliphatic carbocycles. The average molecular weight is 264 g/mol. The molecule has 1 saturated carbocycles. The van der Waals surface area contributed by atoms with E-state index in [-0.39, 0.29) is 11.9 Å². The van der Waals surface area contributed by atoms with E-state index in [1.165, 1.54) is 30.8 Å². The second-order valence-electron chi connectivity index (χ2n) is 4.07. The fourth-order valence-electron chi connectivity index (χ4n) is 2.37. The van der Waals surface area contributed by atoms with Crippen LogP contribution in [-0.2, 0) is 9.53 Å². The quantitative estimate of drug-likeness (QED) is 0.482. The standard InChI is InChI=1S/C10H16O2S3/c11-9(12-7-13)5-8-1-2-10(6-8)14-3-4-15-10/h8,13H,1-7H2. The van der Waals surface area contributed by atoms with Gasteiger partial charge in [-0.25, -0.2) is 0 Å². The lowest BCUT2D eigenvalue weighted by Gasteiger charge is -2.20. The Morgan fingerprint density at radius 2 is 2.20 bits per heavy atom. The highest BCUT2D eigenvalue weighted by molar-refractivity contribution is 8.21. The van der Waals surface area contributed by atoms with Crippen molar-refractivity contribution in [2.45, 2.75) is 29.8 Å². The van der Waals surface area contributed by atoms with Gasteiger partial charge in [-0.15, -0.1) is 36.2 Å². The molecule has 0 aromatic rings. The first-order valence-electron chi connectivity index (χ1n) is 5.28. The van der Waals surface area contributed by atoms with Gasteiger partial charge in [-0.1, -0.05) is 0 Å². The van der Waals surface area contributed by atoms with Crippen molar-refractivity contribution >= 4 is 42.1 Å².